The van der Waals surface area contributed by atoms with Crippen molar-refractivity contribution in [2.45, 2.75) is 32.5 Å². The summed E-state index contributed by atoms with van der Waals surface area (Å²) in [7, 11) is 1.53. The number of amides is 1. The van der Waals surface area contributed by atoms with Gasteiger partial charge < -0.3 is 14.7 Å². The molecule has 0 aromatic carbocycles. The number of methoxy groups -OCH3 is 1. The average Bonchev–Trinajstić information content (AvgIpc) is 2.64. The van der Waals surface area contributed by atoms with Crippen molar-refractivity contribution in [3.63, 3.8) is 0 Å². The highest BCUT2D eigenvalue weighted by Crippen LogP contribution is 2.20. The molecule has 1 aliphatic rings. The van der Waals surface area contributed by atoms with Gasteiger partial charge in [0.15, 0.2) is 0 Å². The lowest BCUT2D eigenvalue weighted by atomic mass is 10.0. The highest BCUT2D eigenvalue weighted by atomic mass is 16.5. The van der Waals surface area contributed by atoms with Crippen LogP contribution in [0.1, 0.15) is 20.3 Å². The summed E-state index contributed by atoms with van der Waals surface area (Å²) in [5, 5.41) is 9.38. The van der Waals surface area contributed by atoms with Crippen LogP contribution in [0.4, 0.5) is 0 Å². The van der Waals surface area contributed by atoms with Crippen molar-refractivity contribution >= 4 is 5.91 Å². The van der Waals surface area contributed by atoms with Gasteiger partial charge in [0, 0.05) is 26.1 Å². The van der Waals surface area contributed by atoms with Gasteiger partial charge in [-0.1, -0.05) is 0 Å². The van der Waals surface area contributed by atoms with E-state index in [4.69, 9.17) is 4.74 Å². The van der Waals surface area contributed by atoms with Crippen molar-refractivity contribution in [1.82, 2.24) is 4.90 Å². The first-order valence-electron chi connectivity index (χ1n) is 5.06. The Morgan fingerprint density at radius 3 is 2.64 bits per heavy atom. The number of carbonyl (C=O) groups is 1. The van der Waals surface area contributed by atoms with Crippen molar-refractivity contribution in [1.29, 1.82) is 0 Å². The van der Waals surface area contributed by atoms with E-state index in [9.17, 15) is 9.90 Å². The first-order valence-corrected chi connectivity index (χ1v) is 5.06. The summed E-state index contributed by atoms with van der Waals surface area (Å²) in [5.41, 5.74) is 0. The monoisotopic (exact) mass is 201 g/mol. The molecule has 14 heavy (non-hydrogen) atoms. The topological polar surface area (TPSA) is 49.8 Å². The number of likely N-dealkylation sites (tertiary alicyclic amines) is 1. The number of carbonyl (C=O) groups excluding carboxylic acids is 1. The first-order chi connectivity index (χ1) is 6.56. The van der Waals surface area contributed by atoms with Crippen molar-refractivity contribution < 1.29 is 14.6 Å². The van der Waals surface area contributed by atoms with Crippen LogP contribution >= 0.6 is 0 Å². The molecule has 3 unspecified atom stereocenters. The minimum absolute atomic E-state index is 0.0238. The summed E-state index contributed by atoms with van der Waals surface area (Å²) in [6.45, 7) is 4.92. The molecule has 1 saturated heterocycles. The largest absolute Gasteiger partial charge is 0.393 e. The molecule has 4 nitrogen and oxygen atoms in total. The second-order valence-corrected chi connectivity index (χ2v) is 3.95. The lowest BCUT2D eigenvalue weighted by molar-refractivity contribution is -0.140. The predicted molar refractivity (Wildman–Crippen MR) is 52.8 cm³/mol. The minimum atomic E-state index is -0.372. The number of ether oxygens (including phenoxy) is 1. The van der Waals surface area contributed by atoms with Gasteiger partial charge in [-0.05, 0) is 20.3 Å². The molecule has 0 bridgehead atoms. The van der Waals surface area contributed by atoms with Crippen molar-refractivity contribution in [2.24, 2.45) is 5.92 Å². The molecule has 0 aliphatic carbocycles. The van der Waals surface area contributed by atoms with Crippen LogP contribution in [0.15, 0.2) is 0 Å². The van der Waals surface area contributed by atoms with Gasteiger partial charge in [-0.2, -0.15) is 0 Å². The van der Waals surface area contributed by atoms with Crippen LogP contribution in [0.5, 0.6) is 0 Å². The maximum absolute atomic E-state index is 11.7. The molecular weight excluding hydrogens is 182 g/mol. The number of aliphatic hydroxyl groups is 1. The summed E-state index contributed by atoms with van der Waals surface area (Å²) in [4.78, 5) is 13.4. The maximum Gasteiger partial charge on any atom is 0.251 e. The fraction of sp³-hybridized carbons (Fsp3) is 0.900. The van der Waals surface area contributed by atoms with Crippen LogP contribution in [-0.4, -0.2) is 48.3 Å². The molecule has 82 valence electrons. The van der Waals surface area contributed by atoms with Crippen LogP contribution in [-0.2, 0) is 9.53 Å². The zero-order chi connectivity index (χ0) is 10.7. The third kappa shape index (κ3) is 2.45. The van der Waals surface area contributed by atoms with E-state index in [1.807, 2.05) is 0 Å². The van der Waals surface area contributed by atoms with Gasteiger partial charge in [0.25, 0.3) is 5.91 Å². The Morgan fingerprint density at radius 1 is 1.57 bits per heavy atom. The summed E-state index contributed by atoms with van der Waals surface area (Å²) in [6, 6.07) is 0. The van der Waals surface area contributed by atoms with E-state index in [1.54, 1.807) is 18.7 Å². The smallest absolute Gasteiger partial charge is 0.251 e. The van der Waals surface area contributed by atoms with Gasteiger partial charge in [-0.25, -0.2) is 0 Å². The molecule has 0 aromatic heterocycles. The zero-order valence-electron chi connectivity index (χ0n) is 9.06. The predicted octanol–water partition coefficient (Wildman–Crippen LogP) is 0.251. The molecule has 0 aromatic rings. The van der Waals surface area contributed by atoms with Crippen molar-refractivity contribution in [3.8, 4) is 0 Å². The second-order valence-electron chi connectivity index (χ2n) is 3.95. The number of aliphatic hydroxyl groups excluding tert-OH is 1. The lowest BCUT2D eigenvalue weighted by Crippen LogP contribution is -2.37. The summed E-state index contributed by atoms with van der Waals surface area (Å²) in [6.07, 6.45) is 0.188. The van der Waals surface area contributed by atoms with Gasteiger partial charge >= 0.3 is 0 Å². The zero-order valence-corrected chi connectivity index (χ0v) is 9.06. The van der Waals surface area contributed by atoms with Crippen LogP contribution in [0.3, 0.4) is 0 Å². The Morgan fingerprint density at radius 2 is 2.21 bits per heavy atom. The Labute approximate surface area is 84.8 Å². The van der Waals surface area contributed by atoms with E-state index < -0.39 is 0 Å². The SMILES string of the molecule is COC(C)C(=O)N1CCC(C(C)O)C1. The molecule has 1 amide bonds. The van der Waals surface area contributed by atoms with E-state index in [-0.39, 0.29) is 24.0 Å². The number of nitrogens with zero attached hydrogens (tertiary/aromatic N) is 1. The molecular formula is C10H19NO3. The molecule has 4 heteroatoms. The Bertz CT molecular complexity index is 206. The quantitative estimate of drug-likeness (QED) is 0.712. The molecule has 1 rings (SSSR count). The van der Waals surface area contributed by atoms with Gasteiger partial charge in [0.1, 0.15) is 6.10 Å². The Balaban J connectivity index is 2.45. The number of hydrogen-bond donors (Lipinski definition) is 1. The van der Waals surface area contributed by atoms with E-state index in [0.29, 0.717) is 6.54 Å². The van der Waals surface area contributed by atoms with E-state index in [2.05, 4.69) is 0 Å². The maximum atomic E-state index is 11.7. The highest BCUT2D eigenvalue weighted by molar-refractivity contribution is 5.80. The lowest BCUT2D eigenvalue weighted by Gasteiger charge is -2.20. The fourth-order valence-electron chi connectivity index (χ4n) is 1.74. The van der Waals surface area contributed by atoms with Gasteiger partial charge in [-0.15, -0.1) is 0 Å². The second kappa shape index (κ2) is 4.75. The molecule has 1 N–H and O–H groups in total. The average molecular weight is 201 g/mol. The number of rotatable bonds is 3. The molecule has 0 saturated carbocycles. The fourth-order valence-corrected chi connectivity index (χ4v) is 1.74. The normalized spacial score (nSPS) is 26.3. The molecule has 1 heterocycles. The molecule has 0 spiro atoms. The Kier molecular flexibility index (Phi) is 3.89. The highest BCUT2D eigenvalue weighted by Gasteiger charge is 2.30. The van der Waals surface area contributed by atoms with E-state index in [1.165, 1.54) is 7.11 Å². The summed E-state index contributed by atoms with van der Waals surface area (Å²) in [5.74, 6) is 0.249. The van der Waals surface area contributed by atoms with Gasteiger partial charge in [0.2, 0.25) is 0 Å². The molecule has 0 radical (unpaired) electrons. The number of hydrogen-bond acceptors (Lipinski definition) is 3. The van der Waals surface area contributed by atoms with Crippen LogP contribution in [0.2, 0.25) is 0 Å². The molecule has 3 atom stereocenters. The summed E-state index contributed by atoms with van der Waals surface area (Å²) >= 11 is 0. The van der Waals surface area contributed by atoms with Gasteiger partial charge in [-0.3, -0.25) is 4.79 Å². The third-order valence-electron chi connectivity index (χ3n) is 2.92. The van der Waals surface area contributed by atoms with Crippen molar-refractivity contribution in [2.75, 3.05) is 20.2 Å². The first kappa shape index (κ1) is 11.5. The molecule has 1 fully saturated rings. The molecule has 1 aliphatic heterocycles. The minimum Gasteiger partial charge on any atom is -0.393 e. The third-order valence-corrected chi connectivity index (χ3v) is 2.92. The van der Waals surface area contributed by atoms with Crippen LogP contribution in [0, 0.1) is 5.92 Å². The standard InChI is InChI=1S/C10H19NO3/c1-7(12)9-4-5-11(6-9)10(13)8(2)14-3/h7-9,12H,4-6H2,1-3H3. The van der Waals surface area contributed by atoms with Gasteiger partial charge in [0.05, 0.1) is 6.10 Å². The van der Waals surface area contributed by atoms with E-state index in [0.717, 1.165) is 13.0 Å². The Hall–Kier alpha value is -0.610. The van der Waals surface area contributed by atoms with E-state index >= 15 is 0 Å². The van der Waals surface area contributed by atoms with Crippen LogP contribution < -0.4 is 0 Å². The van der Waals surface area contributed by atoms with Crippen LogP contribution in [0.25, 0.3) is 0 Å². The van der Waals surface area contributed by atoms with Crippen molar-refractivity contribution in [3.05, 3.63) is 0 Å². The summed E-state index contributed by atoms with van der Waals surface area (Å²) < 4.78 is 4.97.